The minimum atomic E-state index is -3.78. The number of sulfone groups is 1. The molecule has 1 aliphatic heterocycles. The van der Waals surface area contributed by atoms with E-state index in [9.17, 15) is 23.1 Å². The monoisotopic (exact) mass is 528 g/mol. The van der Waals surface area contributed by atoms with Gasteiger partial charge in [-0.05, 0) is 50.8 Å². The lowest BCUT2D eigenvalue weighted by Gasteiger charge is -2.37. The summed E-state index contributed by atoms with van der Waals surface area (Å²) in [7, 11) is -2.19. The van der Waals surface area contributed by atoms with Crippen LogP contribution < -0.4 is 11.1 Å². The second-order valence-electron chi connectivity index (χ2n) is 10.3. The molecule has 0 radical (unpaired) electrons. The summed E-state index contributed by atoms with van der Waals surface area (Å²) in [6.45, 7) is 3.10. The zero-order chi connectivity index (χ0) is 27.2. The second-order valence-corrected chi connectivity index (χ2v) is 13.3. The number of nitriles is 1. The van der Waals surface area contributed by atoms with Gasteiger partial charge in [0.15, 0.2) is 15.5 Å². The number of fused-ring (bicyclic) bond motifs is 1. The number of carbonyl (C=O) groups is 2. The first-order valence-corrected chi connectivity index (χ1v) is 13.6. The van der Waals surface area contributed by atoms with Crippen molar-refractivity contribution in [3.05, 3.63) is 52.3 Å². The average Bonchev–Trinajstić information content (AvgIpc) is 3.60. The van der Waals surface area contributed by atoms with Gasteiger partial charge in [-0.2, -0.15) is 10.4 Å². The third-order valence-electron chi connectivity index (χ3n) is 7.66. The molecule has 1 aliphatic carbocycles. The van der Waals surface area contributed by atoms with E-state index in [0.29, 0.717) is 30.4 Å². The van der Waals surface area contributed by atoms with E-state index in [4.69, 9.17) is 11.0 Å². The van der Waals surface area contributed by atoms with E-state index in [0.717, 1.165) is 5.56 Å². The number of rotatable bonds is 9. The van der Waals surface area contributed by atoms with Crippen molar-refractivity contribution in [1.82, 2.24) is 20.0 Å². The molecule has 2 aliphatic rings. The molecule has 37 heavy (non-hydrogen) atoms. The predicted molar refractivity (Wildman–Crippen MR) is 135 cm³/mol. The number of nitrogens with zero attached hydrogens (tertiary/aromatic N) is 4. The van der Waals surface area contributed by atoms with Crippen molar-refractivity contribution in [3.63, 3.8) is 0 Å². The molecule has 1 unspecified atom stereocenters. The fourth-order valence-electron chi connectivity index (χ4n) is 4.84. The molecular weight excluding hydrogens is 496 g/mol. The highest BCUT2D eigenvalue weighted by molar-refractivity contribution is 7.94. The van der Waals surface area contributed by atoms with Gasteiger partial charge in [-0.15, -0.1) is 0 Å². The molecule has 12 heteroatoms. The van der Waals surface area contributed by atoms with Crippen LogP contribution in [0.3, 0.4) is 0 Å². The van der Waals surface area contributed by atoms with Crippen LogP contribution in [0.25, 0.3) is 0 Å². The SMILES string of the molecule is Cn1nc(C(=O)NCc2ccc(C#N)cc2)c2c1C(=O)N(CC1(S(=O)(=O)C(C)(C)C(N)CO)CC1)CC2. The molecule has 0 bridgehead atoms. The molecule has 2 aromatic rings. The van der Waals surface area contributed by atoms with Crippen molar-refractivity contribution >= 4 is 21.7 Å². The third kappa shape index (κ3) is 4.52. The topological polar surface area (TPSA) is 171 Å². The fourth-order valence-corrected chi connectivity index (χ4v) is 7.40. The molecule has 11 nitrogen and oxygen atoms in total. The Balaban J connectivity index is 1.50. The largest absolute Gasteiger partial charge is 0.395 e. The second kappa shape index (κ2) is 9.55. The third-order valence-corrected chi connectivity index (χ3v) is 11.0. The van der Waals surface area contributed by atoms with Gasteiger partial charge in [0.25, 0.3) is 11.8 Å². The molecule has 1 aromatic carbocycles. The van der Waals surface area contributed by atoms with Crippen LogP contribution >= 0.6 is 0 Å². The number of amides is 2. The smallest absolute Gasteiger partial charge is 0.272 e. The lowest BCUT2D eigenvalue weighted by atomic mass is 10.0. The highest BCUT2D eigenvalue weighted by atomic mass is 32.2. The summed E-state index contributed by atoms with van der Waals surface area (Å²) >= 11 is 0. The maximum atomic E-state index is 13.5. The van der Waals surface area contributed by atoms with Crippen molar-refractivity contribution in [2.24, 2.45) is 12.8 Å². The molecular formula is C25H32N6O5S. The molecule has 2 amide bonds. The Kier molecular flexibility index (Phi) is 6.92. The number of aliphatic hydroxyl groups excluding tert-OH is 1. The van der Waals surface area contributed by atoms with E-state index in [1.54, 1.807) is 31.3 Å². The van der Waals surface area contributed by atoms with Gasteiger partial charge in [0.2, 0.25) is 0 Å². The summed E-state index contributed by atoms with van der Waals surface area (Å²) in [5.74, 6) is -0.781. The van der Waals surface area contributed by atoms with E-state index in [1.807, 2.05) is 6.07 Å². The normalized spacial score (nSPS) is 17.6. The van der Waals surface area contributed by atoms with Crippen LogP contribution in [-0.4, -0.2) is 75.3 Å². The number of hydrogen-bond donors (Lipinski definition) is 3. The highest BCUT2D eigenvalue weighted by Gasteiger charge is 2.62. The van der Waals surface area contributed by atoms with Crippen molar-refractivity contribution in [2.75, 3.05) is 19.7 Å². The minimum absolute atomic E-state index is 0.0284. The van der Waals surface area contributed by atoms with E-state index >= 15 is 0 Å². The first-order chi connectivity index (χ1) is 17.4. The molecule has 0 saturated heterocycles. The van der Waals surface area contributed by atoms with Gasteiger partial charge in [-0.25, -0.2) is 8.42 Å². The average molecular weight is 529 g/mol. The van der Waals surface area contributed by atoms with E-state index in [-0.39, 0.29) is 36.9 Å². The van der Waals surface area contributed by atoms with Crippen molar-refractivity contribution in [1.29, 1.82) is 5.26 Å². The molecule has 198 valence electrons. The van der Waals surface area contributed by atoms with Crippen LogP contribution in [0.1, 0.15) is 64.4 Å². The number of hydrogen-bond acceptors (Lipinski definition) is 8. The van der Waals surface area contributed by atoms with Crippen LogP contribution in [-0.2, 0) is 29.9 Å². The number of aliphatic hydroxyl groups is 1. The number of benzene rings is 1. The van der Waals surface area contributed by atoms with Crippen molar-refractivity contribution in [2.45, 2.75) is 55.2 Å². The van der Waals surface area contributed by atoms with Gasteiger partial charge in [0.1, 0.15) is 5.69 Å². The van der Waals surface area contributed by atoms with Gasteiger partial charge in [-0.3, -0.25) is 14.3 Å². The van der Waals surface area contributed by atoms with Crippen LogP contribution in [0, 0.1) is 11.3 Å². The first kappa shape index (κ1) is 26.8. The van der Waals surface area contributed by atoms with Crippen LogP contribution in [0.4, 0.5) is 0 Å². The fraction of sp³-hybridized carbons (Fsp3) is 0.520. The van der Waals surface area contributed by atoms with Gasteiger partial charge < -0.3 is 21.1 Å². The Hall–Kier alpha value is -3.27. The van der Waals surface area contributed by atoms with Gasteiger partial charge in [0, 0.05) is 38.3 Å². The Morgan fingerprint density at radius 3 is 2.54 bits per heavy atom. The molecule has 4 N–H and O–H groups in total. The van der Waals surface area contributed by atoms with Gasteiger partial charge in [-0.1, -0.05) is 12.1 Å². The summed E-state index contributed by atoms with van der Waals surface area (Å²) in [5.41, 5.74) is 8.26. The molecule has 1 saturated carbocycles. The zero-order valence-corrected chi connectivity index (χ0v) is 22.0. The Labute approximate surface area is 216 Å². The standard InChI is InChI=1S/C25H32N6O5S/c1-24(2,19(27)14-32)37(35,36)25(9-10-25)15-31-11-8-18-20(29-30(3)21(18)23(31)34)22(33)28-13-17-6-4-16(12-26)5-7-17/h4-7,19,32H,8-11,13-15,27H2,1-3H3,(H,28,33). The van der Waals surface area contributed by atoms with Crippen LogP contribution in [0.15, 0.2) is 24.3 Å². The summed E-state index contributed by atoms with van der Waals surface area (Å²) in [6, 6.07) is 7.95. The molecule has 2 heterocycles. The molecule has 4 rings (SSSR count). The Bertz CT molecular complexity index is 1370. The van der Waals surface area contributed by atoms with E-state index < -0.39 is 37.9 Å². The summed E-state index contributed by atoms with van der Waals surface area (Å²) in [4.78, 5) is 27.9. The number of carbonyl (C=O) groups excluding carboxylic acids is 2. The highest BCUT2D eigenvalue weighted by Crippen LogP contribution is 2.49. The number of aryl methyl sites for hydroxylation is 1. The zero-order valence-electron chi connectivity index (χ0n) is 21.2. The molecule has 0 spiro atoms. The van der Waals surface area contributed by atoms with E-state index in [2.05, 4.69) is 10.4 Å². The van der Waals surface area contributed by atoms with Crippen LogP contribution in [0.5, 0.6) is 0 Å². The molecule has 1 fully saturated rings. The maximum Gasteiger partial charge on any atom is 0.272 e. The Morgan fingerprint density at radius 2 is 1.97 bits per heavy atom. The minimum Gasteiger partial charge on any atom is -0.395 e. The summed E-state index contributed by atoms with van der Waals surface area (Å²) in [5, 5.41) is 25.5. The van der Waals surface area contributed by atoms with Crippen molar-refractivity contribution < 1.29 is 23.1 Å². The maximum absolute atomic E-state index is 13.5. The number of nitrogens with two attached hydrogens (primary N) is 1. The van der Waals surface area contributed by atoms with Gasteiger partial charge >= 0.3 is 0 Å². The van der Waals surface area contributed by atoms with Crippen molar-refractivity contribution in [3.8, 4) is 6.07 Å². The van der Waals surface area contributed by atoms with Crippen LogP contribution in [0.2, 0.25) is 0 Å². The lowest BCUT2D eigenvalue weighted by Crippen LogP contribution is -2.57. The summed E-state index contributed by atoms with van der Waals surface area (Å²) in [6.07, 6.45) is 1.20. The number of nitrogens with one attached hydrogen (secondary N) is 1. The number of aromatic nitrogens is 2. The summed E-state index contributed by atoms with van der Waals surface area (Å²) < 4.78 is 26.0. The first-order valence-electron chi connectivity index (χ1n) is 12.1. The predicted octanol–water partition coefficient (Wildman–Crippen LogP) is 0.266. The Morgan fingerprint density at radius 1 is 1.32 bits per heavy atom. The lowest BCUT2D eigenvalue weighted by molar-refractivity contribution is 0.0724. The van der Waals surface area contributed by atoms with Gasteiger partial charge in [0.05, 0.1) is 27.7 Å². The van der Waals surface area contributed by atoms with E-state index in [1.165, 1.54) is 23.4 Å². The molecule has 1 aromatic heterocycles. The molecule has 1 atom stereocenters. The quantitative estimate of drug-likeness (QED) is 0.416.